The van der Waals surface area contributed by atoms with Crippen LogP contribution in [0.4, 0.5) is 0 Å². The second kappa shape index (κ2) is 6.62. The van der Waals surface area contributed by atoms with E-state index in [2.05, 4.69) is 15.3 Å². The summed E-state index contributed by atoms with van der Waals surface area (Å²) in [6, 6.07) is 15.3. The zero-order valence-corrected chi connectivity index (χ0v) is 13.3. The molecule has 0 fully saturated rings. The van der Waals surface area contributed by atoms with Crippen molar-refractivity contribution < 1.29 is 0 Å². The molecule has 0 aliphatic rings. The fraction of sp³-hybridized carbons (Fsp3) is 0.118. The molecule has 116 valence electrons. The maximum absolute atomic E-state index is 11.9. The lowest BCUT2D eigenvalue weighted by molar-refractivity contribution is 0.775. The number of hydrogen-bond acceptors (Lipinski definition) is 3. The molecule has 0 spiro atoms. The summed E-state index contributed by atoms with van der Waals surface area (Å²) in [4.78, 5) is 11.9. The number of H-pyrrole nitrogens is 1. The van der Waals surface area contributed by atoms with Crippen molar-refractivity contribution in [3.63, 3.8) is 0 Å². The summed E-state index contributed by atoms with van der Waals surface area (Å²) in [7, 11) is 0. The van der Waals surface area contributed by atoms with Gasteiger partial charge in [-0.15, -0.1) is 0 Å². The van der Waals surface area contributed by atoms with Gasteiger partial charge in [0.25, 0.3) is 0 Å². The van der Waals surface area contributed by atoms with Crippen LogP contribution in [0.3, 0.4) is 0 Å². The van der Waals surface area contributed by atoms with Crippen LogP contribution in [0.2, 0.25) is 5.02 Å². The standard InChI is InChI=1S/C17H15ClN4O/c1-12-5-7-13(8-6-12)11-19-22-16(20-21-17(22)23)10-14-3-2-4-15(18)9-14/h2-9,11H,10H2,1H3,(H,21,23). The molecule has 0 unspecified atom stereocenters. The predicted octanol–water partition coefficient (Wildman–Crippen LogP) is 3.01. The van der Waals surface area contributed by atoms with Crippen molar-refractivity contribution >= 4 is 17.8 Å². The van der Waals surface area contributed by atoms with Gasteiger partial charge in [-0.25, -0.2) is 9.89 Å². The fourth-order valence-corrected chi connectivity index (χ4v) is 2.38. The highest BCUT2D eigenvalue weighted by Crippen LogP contribution is 2.13. The quantitative estimate of drug-likeness (QED) is 0.749. The minimum atomic E-state index is -0.370. The first kappa shape index (κ1) is 15.2. The number of nitrogens with zero attached hydrogens (tertiary/aromatic N) is 3. The molecule has 6 heteroatoms. The molecule has 1 N–H and O–H groups in total. The summed E-state index contributed by atoms with van der Waals surface area (Å²) in [5, 5.41) is 11.3. The van der Waals surface area contributed by atoms with Gasteiger partial charge in [-0.2, -0.15) is 14.9 Å². The van der Waals surface area contributed by atoms with Crippen LogP contribution in [0, 0.1) is 6.92 Å². The van der Waals surface area contributed by atoms with Crippen LogP contribution in [0.5, 0.6) is 0 Å². The number of aromatic nitrogens is 3. The number of aromatic amines is 1. The molecule has 5 nitrogen and oxygen atoms in total. The van der Waals surface area contributed by atoms with Crippen LogP contribution < -0.4 is 5.69 Å². The van der Waals surface area contributed by atoms with Crippen LogP contribution in [0.1, 0.15) is 22.5 Å². The van der Waals surface area contributed by atoms with Crippen LogP contribution in [-0.4, -0.2) is 21.1 Å². The van der Waals surface area contributed by atoms with Crippen LogP contribution in [0.15, 0.2) is 58.4 Å². The molecule has 3 rings (SSSR count). The normalized spacial score (nSPS) is 11.2. The Bertz CT molecular complexity index is 893. The highest BCUT2D eigenvalue weighted by molar-refractivity contribution is 6.30. The first-order valence-electron chi connectivity index (χ1n) is 7.13. The van der Waals surface area contributed by atoms with Gasteiger partial charge < -0.3 is 0 Å². The van der Waals surface area contributed by atoms with Crippen molar-refractivity contribution in [2.24, 2.45) is 5.10 Å². The van der Waals surface area contributed by atoms with Gasteiger partial charge in [0, 0.05) is 11.4 Å². The Morgan fingerprint density at radius 1 is 1.26 bits per heavy atom. The smallest absolute Gasteiger partial charge is 0.244 e. The zero-order chi connectivity index (χ0) is 16.2. The summed E-state index contributed by atoms with van der Waals surface area (Å²) < 4.78 is 1.26. The Labute approximate surface area is 138 Å². The van der Waals surface area contributed by atoms with Crippen LogP contribution >= 0.6 is 11.6 Å². The second-order valence-corrected chi connectivity index (χ2v) is 5.66. The van der Waals surface area contributed by atoms with Gasteiger partial charge >= 0.3 is 5.69 Å². The third kappa shape index (κ3) is 3.76. The lowest BCUT2D eigenvalue weighted by atomic mass is 10.1. The molecule has 0 atom stereocenters. The summed E-state index contributed by atoms with van der Waals surface area (Å²) in [6.07, 6.45) is 2.10. The van der Waals surface area contributed by atoms with Gasteiger partial charge in [-0.3, -0.25) is 0 Å². The topological polar surface area (TPSA) is 63.0 Å². The lowest BCUT2D eigenvalue weighted by Gasteiger charge is -2.01. The van der Waals surface area contributed by atoms with Gasteiger partial charge in [0.05, 0.1) is 6.21 Å². The largest absolute Gasteiger partial charge is 0.364 e. The number of halogens is 1. The third-order valence-corrected chi connectivity index (χ3v) is 3.60. The second-order valence-electron chi connectivity index (χ2n) is 5.22. The summed E-state index contributed by atoms with van der Waals surface area (Å²) in [5.41, 5.74) is 2.68. The summed E-state index contributed by atoms with van der Waals surface area (Å²) >= 11 is 5.98. The van der Waals surface area contributed by atoms with E-state index in [0.29, 0.717) is 17.3 Å². The van der Waals surface area contributed by atoms with Crippen molar-refractivity contribution in [3.8, 4) is 0 Å². The van der Waals surface area contributed by atoms with Gasteiger partial charge in [-0.1, -0.05) is 53.6 Å². The molecule has 0 aliphatic carbocycles. The number of benzene rings is 2. The average Bonchev–Trinajstić information content (AvgIpc) is 2.87. The first-order chi connectivity index (χ1) is 11.1. The van der Waals surface area contributed by atoms with E-state index in [4.69, 9.17) is 11.6 Å². The fourth-order valence-electron chi connectivity index (χ4n) is 2.16. The van der Waals surface area contributed by atoms with E-state index >= 15 is 0 Å². The van der Waals surface area contributed by atoms with Crippen molar-refractivity contribution in [3.05, 3.63) is 86.6 Å². The molecule has 0 bridgehead atoms. The summed E-state index contributed by atoms with van der Waals surface area (Å²) in [5.74, 6) is 0.528. The van der Waals surface area contributed by atoms with Crippen LogP contribution in [-0.2, 0) is 6.42 Å². The number of nitrogens with one attached hydrogen (secondary N) is 1. The first-order valence-corrected chi connectivity index (χ1v) is 7.51. The highest BCUT2D eigenvalue weighted by atomic mass is 35.5. The number of hydrogen-bond donors (Lipinski definition) is 1. The number of aryl methyl sites for hydroxylation is 1. The average molecular weight is 327 g/mol. The van der Waals surface area contributed by atoms with Crippen molar-refractivity contribution in [2.45, 2.75) is 13.3 Å². The van der Waals surface area contributed by atoms with Gasteiger partial charge in [0.15, 0.2) is 5.82 Å². The van der Waals surface area contributed by atoms with Gasteiger partial charge in [0.2, 0.25) is 0 Å². The van der Waals surface area contributed by atoms with E-state index in [1.807, 2.05) is 49.4 Å². The Hall–Kier alpha value is -2.66. The maximum Gasteiger partial charge on any atom is 0.364 e. The molecular weight excluding hydrogens is 312 g/mol. The molecule has 0 amide bonds. The molecule has 3 aromatic rings. The van der Waals surface area contributed by atoms with Gasteiger partial charge in [0.1, 0.15) is 0 Å². The van der Waals surface area contributed by atoms with Crippen molar-refractivity contribution in [2.75, 3.05) is 0 Å². The van der Waals surface area contributed by atoms with Gasteiger partial charge in [-0.05, 0) is 30.2 Å². The number of rotatable bonds is 4. The molecule has 0 saturated carbocycles. The Morgan fingerprint density at radius 3 is 2.78 bits per heavy atom. The third-order valence-electron chi connectivity index (χ3n) is 3.37. The molecule has 0 aliphatic heterocycles. The highest BCUT2D eigenvalue weighted by Gasteiger charge is 2.08. The lowest BCUT2D eigenvalue weighted by Crippen LogP contribution is -2.15. The minimum absolute atomic E-state index is 0.370. The van der Waals surface area contributed by atoms with Crippen LogP contribution in [0.25, 0.3) is 0 Å². The molecule has 0 saturated heterocycles. The van der Waals surface area contributed by atoms with Crippen molar-refractivity contribution in [1.82, 2.24) is 14.9 Å². The molecule has 2 aromatic carbocycles. The van der Waals surface area contributed by atoms with E-state index in [1.54, 1.807) is 12.3 Å². The van der Waals surface area contributed by atoms with E-state index in [9.17, 15) is 4.79 Å². The maximum atomic E-state index is 11.9. The van der Waals surface area contributed by atoms with E-state index in [0.717, 1.165) is 11.1 Å². The SMILES string of the molecule is Cc1ccc(C=Nn2c(Cc3cccc(Cl)c3)n[nH]c2=O)cc1. The Balaban J connectivity index is 1.87. The summed E-state index contributed by atoms with van der Waals surface area (Å²) in [6.45, 7) is 2.02. The Kier molecular flexibility index (Phi) is 4.39. The van der Waals surface area contributed by atoms with Crippen molar-refractivity contribution in [1.29, 1.82) is 0 Å². The monoisotopic (exact) mass is 326 g/mol. The minimum Gasteiger partial charge on any atom is -0.244 e. The zero-order valence-electron chi connectivity index (χ0n) is 12.5. The van der Waals surface area contributed by atoms with E-state index in [-0.39, 0.29) is 5.69 Å². The molecular formula is C17H15ClN4O. The molecule has 0 radical (unpaired) electrons. The predicted molar refractivity (Wildman–Crippen MR) is 91.3 cm³/mol. The molecule has 1 aromatic heterocycles. The molecule has 23 heavy (non-hydrogen) atoms. The molecule has 1 heterocycles. The van der Waals surface area contributed by atoms with E-state index in [1.165, 1.54) is 10.2 Å². The Morgan fingerprint density at radius 2 is 2.04 bits per heavy atom. The van der Waals surface area contributed by atoms with E-state index < -0.39 is 0 Å².